The lowest BCUT2D eigenvalue weighted by molar-refractivity contribution is -0.137. The molecule has 3 aliphatic rings. The number of carbonyl (C=O) groups is 1. The van der Waals surface area contributed by atoms with Gasteiger partial charge in [-0.15, -0.1) is 0 Å². The van der Waals surface area contributed by atoms with Gasteiger partial charge >= 0.3 is 0 Å². The van der Waals surface area contributed by atoms with Gasteiger partial charge in [0.05, 0.1) is 5.92 Å². The molecule has 0 aromatic carbocycles. The molecule has 1 amide bonds. The minimum absolute atomic E-state index is 0.107. The molecule has 2 N–H and O–H groups in total. The maximum Gasteiger partial charge on any atom is 0.227 e. The van der Waals surface area contributed by atoms with Gasteiger partial charge in [0.2, 0.25) is 5.91 Å². The first-order chi connectivity index (χ1) is 9.24. The topological polar surface area (TPSA) is 46.3 Å². The Morgan fingerprint density at radius 1 is 0.895 bits per heavy atom. The molecule has 3 aliphatic carbocycles. The first-order valence-corrected chi connectivity index (χ1v) is 8.28. The van der Waals surface area contributed by atoms with Crippen molar-refractivity contribution in [3.63, 3.8) is 0 Å². The van der Waals surface area contributed by atoms with E-state index in [0.717, 1.165) is 37.8 Å². The van der Waals surface area contributed by atoms with Crippen molar-refractivity contribution in [3.05, 3.63) is 0 Å². The summed E-state index contributed by atoms with van der Waals surface area (Å²) in [5, 5.41) is 0. The molecular weight excluding hydrogens is 236 g/mol. The SMILES string of the molecule is NC1CCCCCC1C(=O)N(CC1CC1)CC1CC1. The third kappa shape index (κ3) is 3.71. The van der Waals surface area contributed by atoms with Crippen molar-refractivity contribution in [2.45, 2.75) is 63.8 Å². The minimum atomic E-state index is 0.107. The van der Waals surface area contributed by atoms with E-state index < -0.39 is 0 Å². The number of nitrogens with two attached hydrogens (primary N) is 1. The smallest absolute Gasteiger partial charge is 0.227 e. The summed E-state index contributed by atoms with van der Waals surface area (Å²) >= 11 is 0. The zero-order valence-corrected chi connectivity index (χ0v) is 12.0. The monoisotopic (exact) mass is 264 g/mol. The minimum Gasteiger partial charge on any atom is -0.342 e. The van der Waals surface area contributed by atoms with Crippen molar-refractivity contribution in [3.8, 4) is 0 Å². The van der Waals surface area contributed by atoms with Gasteiger partial charge in [-0.05, 0) is 50.4 Å². The number of carbonyl (C=O) groups excluding carboxylic acids is 1. The Balaban J connectivity index is 1.62. The van der Waals surface area contributed by atoms with Crippen LogP contribution in [0.15, 0.2) is 0 Å². The molecule has 0 saturated heterocycles. The fourth-order valence-corrected chi connectivity index (χ4v) is 3.36. The Morgan fingerprint density at radius 3 is 2.05 bits per heavy atom. The van der Waals surface area contributed by atoms with Crippen molar-refractivity contribution < 1.29 is 4.79 Å². The second-order valence-corrected chi connectivity index (χ2v) is 7.04. The molecule has 0 aromatic heterocycles. The number of amides is 1. The zero-order chi connectivity index (χ0) is 13.2. The molecule has 0 radical (unpaired) electrons. The van der Waals surface area contributed by atoms with E-state index in [4.69, 9.17) is 5.73 Å². The molecule has 3 nitrogen and oxygen atoms in total. The van der Waals surface area contributed by atoms with Gasteiger partial charge in [-0.1, -0.05) is 19.3 Å². The fraction of sp³-hybridized carbons (Fsp3) is 0.938. The molecule has 108 valence electrons. The van der Waals surface area contributed by atoms with Crippen LogP contribution in [0.5, 0.6) is 0 Å². The summed E-state index contributed by atoms with van der Waals surface area (Å²) in [4.78, 5) is 15.0. The molecule has 2 atom stereocenters. The molecule has 3 saturated carbocycles. The number of hydrogen-bond donors (Lipinski definition) is 1. The molecule has 0 aromatic rings. The fourth-order valence-electron chi connectivity index (χ4n) is 3.36. The molecule has 0 heterocycles. The van der Waals surface area contributed by atoms with Gasteiger partial charge in [0.15, 0.2) is 0 Å². The number of rotatable bonds is 5. The van der Waals surface area contributed by atoms with Crippen LogP contribution in [0, 0.1) is 17.8 Å². The van der Waals surface area contributed by atoms with Gasteiger partial charge in [-0.25, -0.2) is 0 Å². The highest BCUT2D eigenvalue weighted by Gasteiger charge is 2.36. The van der Waals surface area contributed by atoms with Gasteiger partial charge in [0.25, 0.3) is 0 Å². The van der Waals surface area contributed by atoms with Gasteiger partial charge in [-0.3, -0.25) is 4.79 Å². The standard InChI is InChI=1S/C16H28N2O/c17-15-5-3-1-2-4-14(15)16(19)18(10-12-6-7-12)11-13-8-9-13/h12-15H,1-11,17H2. The van der Waals surface area contributed by atoms with E-state index in [9.17, 15) is 4.79 Å². The zero-order valence-electron chi connectivity index (χ0n) is 12.0. The van der Waals surface area contributed by atoms with Crippen LogP contribution in [0.3, 0.4) is 0 Å². The van der Waals surface area contributed by atoms with Crippen LogP contribution >= 0.6 is 0 Å². The summed E-state index contributed by atoms with van der Waals surface area (Å²) in [5.74, 6) is 2.09. The average Bonchev–Trinajstić information content (AvgIpc) is 3.25. The third-order valence-electron chi connectivity index (χ3n) is 5.05. The molecule has 0 aliphatic heterocycles. The summed E-state index contributed by atoms with van der Waals surface area (Å²) in [6.07, 6.45) is 11.0. The summed E-state index contributed by atoms with van der Waals surface area (Å²) < 4.78 is 0. The van der Waals surface area contributed by atoms with Gasteiger partial charge in [-0.2, -0.15) is 0 Å². The van der Waals surface area contributed by atoms with Gasteiger partial charge < -0.3 is 10.6 Å². The summed E-state index contributed by atoms with van der Waals surface area (Å²) in [5.41, 5.74) is 6.26. The second-order valence-electron chi connectivity index (χ2n) is 7.04. The van der Waals surface area contributed by atoms with Crippen molar-refractivity contribution in [1.82, 2.24) is 4.90 Å². The Morgan fingerprint density at radius 2 is 1.47 bits per heavy atom. The average molecular weight is 264 g/mol. The van der Waals surface area contributed by atoms with Crippen LogP contribution in [-0.4, -0.2) is 29.9 Å². The highest BCUT2D eigenvalue weighted by atomic mass is 16.2. The normalized spacial score (nSPS) is 31.8. The molecule has 19 heavy (non-hydrogen) atoms. The Hall–Kier alpha value is -0.570. The van der Waals surface area contributed by atoms with E-state index in [-0.39, 0.29) is 12.0 Å². The maximum atomic E-state index is 12.8. The molecule has 2 unspecified atom stereocenters. The Labute approximate surface area is 116 Å². The number of hydrogen-bond acceptors (Lipinski definition) is 2. The van der Waals surface area contributed by atoms with Gasteiger partial charge in [0, 0.05) is 19.1 Å². The van der Waals surface area contributed by atoms with Crippen molar-refractivity contribution >= 4 is 5.91 Å². The first kappa shape index (κ1) is 13.4. The quantitative estimate of drug-likeness (QED) is 0.776. The number of nitrogens with zero attached hydrogens (tertiary/aromatic N) is 1. The third-order valence-corrected chi connectivity index (χ3v) is 5.05. The lowest BCUT2D eigenvalue weighted by Gasteiger charge is -2.29. The predicted molar refractivity (Wildman–Crippen MR) is 76.6 cm³/mol. The van der Waals surface area contributed by atoms with Crippen LogP contribution in [0.25, 0.3) is 0 Å². The molecule has 0 bridgehead atoms. The maximum absolute atomic E-state index is 12.8. The van der Waals surface area contributed by atoms with Crippen LogP contribution in [-0.2, 0) is 4.79 Å². The van der Waals surface area contributed by atoms with E-state index in [1.165, 1.54) is 44.9 Å². The predicted octanol–water partition coefficient (Wildman–Crippen LogP) is 2.54. The van der Waals surface area contributed by atoms with Crippen LogP contribution in [0.1, 0.15) is 57.8 Å². The van der Waals surface area contributed by atoms with E-state index in [1.54, 1.807) is 0 Å². The highest BCUT2D eigenvalue weighted by Crippen LogP contribution is 2.35. The second kappa shape index (κ2) is 5.82. The molecule has 0 spiro atoms. The van der Waals surface area contributed by atoms with Crippen LogP contribution in [0.2, 0.25) is 0 Å². The van der Waals surface area contributed by atoms with E-state index in [0.29, 0.717) is 5.91 Å². The highest BCUT2D eigenvalue weighted by molar-refractivity contribution is 5.79. The Bertz CT molecular complexity index is 309. The van der Waals surface area contributed by atoms with E-state index >= 15 is 0 Å². The van der Waals surface area contributed by atoms with Crippen LogP contribution < -0.4 is 5.73 Å². The van der Waals surface area contributed by atoms with E-state index in [1.807, 2.05) is 0 Å². The molecule has 3 heteroatoms. The van der Waals surface area contributed by atoms with Crippen molar-refractivity contribution in [2.24, 2.45) is 23.5 Å². The molecule has 3 rings (SSSR count). The summed E-state index contributed by atoms with van der Waals surface area (Å²) in [6, 6.07) is 0.107. The summed E-state index contributed by atoms with van der Waals surface area (Å²) in [7, 11) is 0. The van der Waals surface area contributed by atoms with Crippen molar-refractivity contribution in [1.29, 1.82) is 0 Å². The lowest BCUT2D eigenvalue weighted by atomic mass is 9.93. The van der Waals surface area contributed by atoms with Crippen LogP contribution in [0.4, 0.5) is 0 Å². The van der Waals surface area contributed by atoms with E-state index in [2.05, 4.69) is 4.90 Å². The summed E-state index contributed by atoms with van der Waals surface area (Å²) in [6.45, 7) is 2.02. The van der Waals surface area contributed by atoms with Gasteiger partial charge in [0.1, 0.15) is 0 Å². The Kier molecular flexibility index (Phi) is 4.11. The first-order valence-electron chi connectivity index (χ1n) is 8.28. The molecular formula is C16H28N2O. The van der Waals surface area contributed by atoms with Crippen molar-refractivity contribution in [2.75, 3.05) is 13.1 Å². The molecule has 3 fully saturated rings. The largest absolute Gasteiger partial charge is 0.342 e. The lowest BCUT2D eigenvalue weighted by Crippen LogP contribution is -2.45.